The van der Waals surface area contributed by atoms with Gasteiger partial charge in [-0.05, 0) is 43.6 Å². The first kappa shape index (κ1) is 13.8. The average molecular weight is 246 g/mol. The summed E-state index contributed by atoms with van der Waals surface area (Å²) < 4.78 is 0. The van der Waals surface area contributed by atoms with Crippen molar-refractivity contribution >= 4 is 17.7 Å². The normalized spacial score (nSPS) is 26.7. The number of nitrogens with one attached hydrogen (secondary N) is 1. The van der Waals surface area contributed by atoms with Crippen molar-refractivity contribution in [3.8, 4) is 0 Å². The highest BCUT2D eigenvalue weighted by Gasteiger charge is 2.23. The van der Waals surface area contributed by atoms with E-state index in [0.717, 1.165) is 31.4 Å². The van der Waals surface area contributed by atoms with E-state index in [1.807, 2.05) is 6.26 Å². The summed E-state index contributed by atoms with van der Waals surface area (Å²) in [7, 11) is 0. The number of hydrogen-bond acceptors (Lipinski definition) is 4. The number of hydrogen-bond donors (Lipinski definition) is 3. The van der Waals surface area contributed by atoms with E-state index in [9.17, 15) is 9.90 Å². The summed E-state index contributed by atoms with van der Waals surface area (Å²) in [5.41, 5.74) is 5.74. The van der Waals surface area contributed by atoms with Gasteiger partial charge in [0.25, 0.3) is 0 Å². The fourth-order valence-corrected chi connectivity index (χ4v) is 2.48. The van der Waals surface area contributed by atoms with Gasteiger partial charge in [0.15, 0.2) is 0 Å². The lowest BCUT2D eigenvalue weighted by atomic mass is 10.1. The van der Waals surface area contributed by atoms with Crippen LogP contribution in [0, 0.1) is 5.92 Å². The summed E-state index contributed by atoms with van der Waals surface area (Å²) in [6.45, 7) is 0.656. The van der Waals surface area contributed by atoms with Gasteiger partial charge in [0.2, 0.25) is 5.91 Å². The van der Waals surface area contributed by atoms with Crippen LogP contribution in [0.1, 0.15) is 25.7 Å². The van der Waals surface area contributed by atoms with Gasteiger partial charge in [-0.25, -0.2) is 0 Å². The molecule has 16 heavy (non-hydrogen) atoms. The van der Waals surface area contributed by atoms with Crippen molar-refractivity contribution in [1.29, 1.82) is 0 Å². The molecule has 94 valence electrons. The zero-order valence-electron chi connectivity index (χ0n) is 9.82. The second kappa shape index (κ2) is 7.14. The standard InChI is InChI=1S/C11H22N2O2S/c1-16-5-4-10(12)11(15)13-7-8-2-3-9(14)6-8/h8-10,14H,2-7,12H2,1H3,(H,13,15)/t8?,9?,10-/m1/s1. The number of aliphatic hydroxyl groups excluding tert-OH is 1. The van der Waals surface area contributed by atoms with Crippen LogP contribution in [0.15, 0.2) is 0 Å². The first-order valence-electron chi connectivity index (χ1n) is 5.83. The number of rotatable bonds is 6. The van der Waals surface area contributed by atoms with Gasteiger partial charge < -0.3 is 16.2 Å². The monoisotopic (exact) mass is 246 g/mol. The second-order valence-electron chi connectivity index (χ2n) is 4.47. The molecule has 0 aromatic carbocycles. The largest absolute Gasteiger partial charge is 0.393 e. The van der Waals surface area contributed by atoms with Crippen LogP contribution in [-0.2, 0) is 4.79 Å². The van der Waals surface area contributed by atoms with Gasteiger partial charge in [-0.1, -0.05) is 0 Å². The molecule has 0 spiro atoms. The molecule has 1 rings (SSSR count). The predicted octanol–water partition coefficient (Wildman–Crippen LogP) is 0.344. The van der Waals surface area contributed by atoms with Crippen LogP contribution < -0.4 is 11.1 Å². The molecule has 1 aliphatic rings. The highest BCUT2D eigenvalue weighted by Crippen LogP contribution is 2.24. The maximum Gasteiger partial charge on any atom is 0.236 e. The van der Waals surface area contributed by atoms with Crippen LogP contribution in [0.2, 0.25) is 0 Å². The fraction of sp³-hybridized carbons (Fsp3) is 0.909. The molecule has 0 saturated heterocycles. The van der Waals surface area contributed by atoms with Gasteiger partial charge in [0.05, 0.1) is 12.1 Å². The average Bonchev–Trinajstić information content (AvgIpc) is 2.68. The van der Waals surface area contributed by atoms with E-state index in [-0.39, 0.29) is 12.0 Å². The van der Waals surface area contributed by atoms with Gasteiger partial charge in [0.1, 0.15) is 0 Å². The summed E-state index contributed by atoms with van der Waals surface area (Å²) in [6.07, 6.45) is 5.22. The number of carbonyl (C=O) groups is 1. The van der Waals surface area contributed by atoms with Gasteiger partial charge in [-0.2, -0.15) is 11.8 Å². The van der Waals surface area contributed by atoms with E-state index < -0.39 is 6.04 Å². The lowest BCUT2D eigenvalue weighted by Crippen LogP contribution is -2.42. The first-order valence-corrected chi connectivity index (χ1v) is 7.23. The van der Waals surface area contributed by atoms with Crippen LogP contribution >= 0.6 is 11.8 Å². The third-order valence-corrected chi connectivity index (χ3v) is 3.69. The Morgan fingerprint density at radius 2 is 2.38 bits per heavy atom. The predicted molar refractivity (Wildman–Crippen MR) is 67.3 cm³/mol. The van der Waals surface area contributed by atoms with Crippen molar-refractivity contribution in [3.05, 3.63) is 0 Å². The molecule has 5 heteroatoms. The Hall–Kier alpha value is -0.260. The molecular formula is C11H22N2O2S. The van der Waals surface area contributed by atoms with Crippen LogP contribution in [0.3, 0.4) is 0 Å². The van der Waals surface area contributed by atoms with Crippen molar-refractivity contribution in [2.24, 2.45) is 11.7 Å². The molecule has 3 atom stereocenters. The Bertz CT molecular complexity index is 226. The highest BCUT2D eigenvalue weighted by atomic mass is 32.2. The summed E-state index contributed by atoms with van der Waals surface area (Å²) in [6, 6.07) is -0.390. The lowest BCUT2D eigenvalue weighted by Gasteiger charge is -2.14. The zero-order valence-corrected chi connectivity index (χ0v) is 10.6. The molecule has 0 radical (unpaired) electrons. The Labute approximate surface area is 101 Å². The number of amides is 1. The molecule has 4 N–H and O–H groups in total. The Kier molecular flexibility index (Phi) is 6.16. The minimum Gasteiger partial charge on any atom is -0.393 e. The quantitative estimate of drug-likeness (QED) is 0.632. The van der Waals surface area contributed by atoms with Crippen LogP contribution in [0.25, 0.3) is 0 Å². The molecule has 1 saturated carbocycles. The Morgan fingerprint density at radius 1 is 1.62 bits per heavy atom. The smallest absolute Gasteiger partial charge is 0.236 e. The molecule has 0 aromatic rings. The highest BCUT2D eigenvalue weighted by molar-refractivity contribution is 7.98. The van der Waals surface area contributed by atoms with Crippen molar-refractivity contribution in [3.63, 3.8) is 0 Å². The van der Waals surface area contributed by atoms with Crippen molar-refractivity contribution < 1.29 is 9.90 Å². The Morgan fingerprint density at radius 3 is 2.94 bits per heavy atom. The van der Waals surface area contributed by atoms with Gasteiger partial charge in [0, 0.05) is 6.54 Å². The van der Waals surface area contributed by atoms with Gasteiger partial charge in [-0.15, -0.1) is 0 Å². The molecule has 0 aromatic heterocycles. The van der Waals surface area contributed by atoms with Crippen molar-refractivity contribution in [1.82, 2.24) is 5.32 Å². The third-order valence-electron chi connectivity index (χ3n) is 3.05. The molecular weight excluding hydrogens is 224 g/mol. The fourth-order valence-electron chi connectivity index (χ4n) is 1.99. The van der Waals surface area contributed by atoms with Crippen molar-refractivity contribution in [2.45, 2.75) is 37.8 Å². The molecule has 1 amide bonds. The van der Waals surface area contributed by atoms with E-state index >= 15 is 0 Å². The number of thioether (sulfide) groups is 1. The molecule has 0 heterocycles. The summed E-state index contributed by atoms with van der Waals surface area (Å²) >= 11 is 1.70. The number of nitrogens with two attached hydrogens (primary N) is 1. The van der Waals surface area contributed by atoms with Gasteiger partial charge in [-0.3, -0.25) is 4.79 Å². The maximum atomic E-state index is 11.6. The summed E-state index contributed by atoms with van der Waals surface area (Å²) in [5.74, 6) is 1.28. The maximum absolute atomic E-state index is 11.6. The van der Waals surface area contributed by atoms with Crippen molar-refractivity contribution in [2.75, 3.05) is 18.6 Å². The zero-order chi connectivity index (χ0) is 12.0. The summed E-state index contributed by atoms with van der Waals surface area (Å²) in [4.78, 5) is 11.6. The third kappa shape index (κ3) is 4.72. The molecule has 0 aliphatic heterocycles. The number of aliphatic hydroxyl groups is 1. The first-order chi connectivity index (χ1) is 7.63. The second-order valence-corrected chi connectivity index (χ2v) is 5.45. The molecule has 1 aliphatic carbocycles. The SMILES string of the molecule is CSCC[C@@H](N)C(=O)NCC1CCC(O)C1. The van der Waals surface area contributed by atoms with Crippen LogP contribution in [-0.4, -0.2) is 41.7 Å². The Balaban J connectivity index is 2.14. The lowest BCUT2D eigenvalue weighted by molar-refractivity contribution is -0.122. The van der Waals surface area contributed by atoms with E-state index in [0.29, 0.717) is 12.5 Å². The van der Waals surface area contributed by atoms with E-state index in [1.54, 1.807) is 11.8 Å². The molecule has 1 fully saturated rings. The van der Waals surface area contributed by atoms with E-state index in [2.05, 4.69) is 5.32 Å². The molecule has 0 bridgehead atoms. The topological polar surface area (TPSA) is 75.4 Å². The molecule has 4 nitrogen and oxygen atoms in total. The minimum absolute atomic E-state index is 0.0598. The van der Waals surface area contributed by atoms with Crippen LogP contribution in [0.5, 0.6) is 0 Å². The summed E-state index contributed by atoms with van der Waals surface area (Å²) in [5, 5.41) is 12.2. The molecule has 2 unspecified atom stereocenters. The van der Waals surface area contributed by atoms with E-state index in [1.165, 1.54) is 0 Å². The van der Waals surface area contributed by atoms with Crippen LogP contribution in [0.4, 0.5) is 0 Å². The number of carbonyl (C=O) groups excluding carboxylic acids is 1. The van der Waals surface area contributed by atoms with E-state index in [4.69, 9.17) is 5.73 Å². The minimum atomic E-state index is -0.390. The van der Waals surface area contributed by atoms with Gasteiger partial charge >= 0.3 is 0 Å².